The maximum absolute atomic E-state index is 12.3. The summed E-state index contributed by atoms with van der Waals surface area (Å²) in [5.41, 5.74) is 5.62. The van der Waals surface area contributed by atoms with Crippen LogP contribution in [0.5, 0.6) is 0 Å². The van der Waals surface area contributed by atoms with Gasteiger partial charge in [0.2, 0.25) is 0 Å². The summed E-state index contributed by atoms with van der Waals surface area (Å²) in [7, 11) is 1.67. The molecule has 19 heavy (non-hydrogen) atoms. The number of methoxy groups -OCH3 is 1. The van der Waals surface area contributed by atoms with Crippen LogP contribution in [0.1, 0.15) is 23.3 Å². The molecule has 104 valence electrons. The van der Waals surface area contributed by atoms with E-state index in [1.807, 2.05) is 0 Å². The summed E-state index contributed by atoms with van der Waals surface area (Å²) in [6.07, 6.45) is 1.64. The number of carbonyl (C=O) groups excluding carboxylic acids is 1. The number of likely N-dealkylation sites (tertiary alicyclic amines) is 1. The first-order valence-corrected chi connectivity index (χ1v) is 6.25. The van der Waals surface area contributed by atoms with Crippen molar-refractivity contribution in [2.75, 3.05) is 20.2 Å². The molecule has 0 aromatic carbocycles. The molecular formula is C12H18N4O3. The fraction of sp³-hybridized carbons (Fsp3) is 0.583. The van der Waals surface area contributed by atoms with Crippen molar-refractivity contribution in [3.05, 3.63) is 28.2 Å². The van der Waals surface area contributed by atoms with Gasteiger partial charge in [-0.25, -0.2) is 5.10 Å². The smallest absolute Gasteiger partial charge is 0.274 e. The standard InChI is InChI=1S/C12H18N4O3/c1-19-9-4-5-16(8(6-9)7-13)12(18)10-2-3-11(17)15-14-10/h2-3,8-9H,4-7,13H2,1H3,(H,15,17). The van der Waals surface area contributed by atoms with Crippen molar-refractivity contribution < 1.29 is 9.53 Å². The lowest BCUT2D eigenvalue weighted by molar-refractivity contribution is 0.0135. The van der Waals surface area contributed by atoms with Gasteiger partial charge in [0.05, 0.1) is 6.10 Å². The van der Waals surface area contributed by atoms with Gasteiger partial charge >= 0.3 is 0 Å². The highest BCUT2D eigenvalue weighted by Crippen LogP contribution is 2.20. The Morgan fingerprint density at radius 2 is 2.42 bits per heavy atom. The molecule has 1 aromatic heterocycles. The van der Waals surface area contributed by atoms with Crippen LogP contribution < -0.4 is 11.3 Å². The van der Waals surface area contributed by atoms with Crippen LogP contribution in [0.4, 0.5) is 0 Å². The number of amides is 1. The van der Waals surface area contributed by atoms with E-state index < -0.39 is 0 Å². The number of aromatic amines is 1. The lowest BCUT2D eigenvalue weighted by Gasteiger charge is -2.38. The second kappa shape index (κ2) is 5.94. The Bertz CT molecular complexity index is 481. The number of hydrogen-bond donors (Lipinski definition) is 2. The van der Waals surface area contributed by atoms with Crippen molar-refractivity contribution in [3.8, 4) is 0 Å². The molecule has 3 N–H and O–H groups in total. The zero-order valence-electron chi connectivity index (χ0n) is 10.8. The minimum absolute atomic E-state index is 0.0556. The van der Waals surface area contributed by atoms with Crippen molar-refractivity contribution in [1.29, 1.82) is 0 Å². The van der Waals surface area contributed by atoms with Crippen LogP contribution in [0.3, 0.4) is 0 Å². The van der Waals surface area contributed by atoms with Gasteiger partial charge in [0.1, 0.15) is 5.69 Å². The molecule has 1 saturated heterocycles. The van der Waals surface area contributed by atoms with Crippen molar-refractivity contribution in [2.24, 2.45) is 5.73 Å². The van der Waals surface area contributed by atoms with E-state index in [9.17, 15) is 9.59 Å². The number of H-pyrrole nitrogens is 1. The molecule has 0 aliphatic carbocycles. The average molecular weight is 266 g/mol. The van der Waals surface area contributed by atoms with Gasteiger partial charge in [-0.05, 0) is 18.9 Å². The molecule has 1 amide bonds. The predicted molar refractivity (Wildman–Crippen MR) is 68.8 cm³/mol. The highest BCUT2D eigenvalue weighted by Gasteiger charge is 2.31. The molecule has 1 aromatic rings. The topological polar surface area (TPSA) is 101 Å². The van der Waals surface area contributed by atoms with E-state index in [1.165, 1.54) is 12.1 Å². The second-order valence-electron chi connectivity index (χ2n) is 4.58. The highest BCUT2D eigenvalue weighted by molar-refractivity contribution is 5.92. The maximum Gasteiger partial charge on any atom is 0.274 e. The Morgan fingerprint density at radius 3 is 3.00 bits per heavy atom. The summed E-state index contributed by atoms with van der Waals surface area (Å²) in [5, 5.41) is 6.02. The number of ether oxygens (including phenoxy) is 1. The van der Waals surface area contributed by atoms with E-state index in [2.05, 4.69) is 10.2 Å². The Hall–Kier alpha value is -1.73. The van der Waals surface area contributed by atoms with Gasteiger partial charge in [0.15, 0.2) is 0 Å². The van der Waals surface area contributed by atoms with Crippen LogP contribution in [0.15, 0.2) is 16.9 Å². The van der Waals surface area contributed by atoms with Crippen LogP contribution in [0, 0.1) is 0 Å². The van der Waals surface area contributed by atoms with E-state index >= 15 is 0 Å². The minimum atomic E-state index is -0.329. The molecule has 1 aliphatic rings. The molecule has 2 unspecified atom stereocenters. The molecule has 0 saturated carbocycles. The SMILES string of the molecule is COC1CCN(C(=O)c2ccc(=O)[nH]n2)C(CN)C1. The van der Waals surface area contributed by atoms with Gasteiger partial charge < -0.3 is 15.4 Å². The molecule has 0 radical (unpaired) electrons. The van der Waals surface area contributed by atoms with Crippen LogP contribution in [0.25, 0.3) is 0 Å². The summed E-state index contributed by atoms with van der Waals surface area (Å²) in [5.74, 6) is -0.207. The lowest BCUT2D eigenvalue weighted by atomic mass is 9.99. The first-order valence-electron chi connectivity index (χ1n) is 6.25. The first-order chi connectivity index (χ1) is 9.15. The van der Waals surface area contributed by atoms with Gasteiger partial charge in [-0.2, -0.15) is 5.10 Å². The van der Waals surface area contributed by atoms with Crippen LogP contribution in [-0.4, -0.2) is 53.3 Å². The van der Waals surface area contributed by atoms with E-state index in [0.717, 1.165) is 12.8 Å². The van der Waals surface area contributed by atoms with Crippen molar-refractivity contribution in [2.45, 2.75) is 25.0 Å². The van der Waals surface area contributed by atoms with Crippen molar-refractivity contribution in [3.63, 3.8) is 0 Å². The summed E-state index contributed by atoms with van der Waals surface area (Å²) < 4.78 is 5.32. The summed E-state index contributed by atoms with van der Waals surface area (Å²) >= 11 is 0. The van der Waals surface area contributed by atoms with E-state index in [1.54, 1.807) is 12.0 Å². The Labute approximate surface area is 110 Å². The first kappa shape index (κ1) is 13.7. The fourth-order valence-corrected chi connectivity index (χ4v) is 2.33. The molecule has 7 heteroatoms. The van der Waals surface area contributed by atoms with Gasteiger partial charge in [-0.3, -0.25) is 9.59 Å². The normalized spacial score (nSPS) is 23.4. The molecule has 0 bridgehead atoms. The number of nitrogens with one attached hydrogen (secondary N) is 1. The molecular weight excluding hydrogens is 248 g/mol. The molecule has 1 fully saturated rings. The van der Waals surface area contributed by atoms with E-state index in [4.69, 9.17) is 10.5 Å². The summed E-state index contributed by atoms with van der Waals surface area (Å²) in [6, 6.07) is 2.66. The number of nitrogens with two attached hydrogens (primary N) is 1. The zero-order chi connectivity index (χ0) is 13.8. The summed E-state index contributed by atoms with van der Waals surface area (Å²) in [6.45, 7) is 0.967. The monoisotopic (exact) mass is 266 g/mol. The van der Waals surface area contributed by atoms with Crippen molar-refractivity contribution in [1.82, 2.24) is 15.1 Å². The number of piperidine rings is 1. The quantitative estimate of drug-likeness (QED) is 0.757. The number of aromatic nitrogens is 2. The van der Waals surface area contributed by atoms with Gasteiger partial charge in [-0.15, -0.1) is 0 Å². The van der Waals surface area contributed by atoms with Gasteiger partial charge in [0.25, 0.3) is 11.5 Å². The predicted octanol–water partition coefficient (Wildman–Crippen LogP) is -0.652. The number of hydrogen-bond acceptors (Lipinski definition) is 5. The molecule has 2 atom stereocenters. The third-order valence-electron chi connectivity index (χ3n) is 3.43. The largest absolute Gasteiger partial charge is 0.381 e. The third kappa shape index (κ3) is 2.99. The second-order valence-corrected chi connectivity index (χ2v) is 4.58. The van der Waals surface area contributed by atoms with Crippen LogP contribution in [0.2, 0.25) is 0 Å². The number of carbonyl (C=O) groups is 1. The number of nitrogens with zero attached hydrogens (tertiary/aromatic N) is 2. The van der Waals surface area contributed by atoms with E-state index in [0.29, 0.717) is 13.1 Å². The number of rotatable bonds is 3. The molecule has 2 rings (SSSR count). The third-order valence-corrected chi connectivity index (χ3v) is 3.43. The lowest BCUT2D eigenvalue weighted by Crippen LogP contribution is -2.51. The molecule has 2 heterocycles. The summed E-state index contributed by atoms with van der Waals surface area (Å²) in [4.78, 5) is 25.0. The Kier molecular flexibility index (Phi) is 4.28. The fourth-order valence-electron chi connectivity index (χ4n) is 2.33. The molecule has 7 nitrogen and oxygen atoms in total. The Morgan fingerprint density at radius 1 is 1.63 bits per heavy atom. The highest BCUT2D eigenvalue weighted by atomic mass is 16.5. The molecule has 1 aliphatic heterocycles. The van der Waals surface area contributed by atoms with Gasteiger partial charge in [-0.1, -0.05) is 0 Å². The average Bonchev–Trinajstić information content (AvgIpc) is 2.46. The van der Waals surface area contributed by atoms with Crippen molar-refractivity contribution >= 4 is 5.91 Å². The minimum Gasteiger partial charge on any atom is -0.381 e. The zero-order valence-corrected chi connectivity index (χ0v) is 10.8. The van der Waals surface area contributed by atoms with Gasteiger partial charge in [0, 0.05) is 32.3 Å². The van der Waals surface area contributed by atoms with E-state index in [-0.39, 0.29) is 29.3 Å². The molecule has 0 spiro atoms. The van der Waals surface area contributed by atoms with Crippen LogP contribution >= 0.6 is 0 Å². The van der Waals surface area contributed by atoms with Crippen LogP contribution in [-0.2, 0) is 4.74 Å². The maximum atomic E-state index is 12.3. The Balaban J connectivity index is 2.13.